The van der Waals surface area contributed by atoms with E-state index in [9.17, 15) is 0 Å². The first-order valence-electron chi connectivity index (χ1n) is 6.31. The molecule has 0 saturated carbocycles. The minimum atomic E-state index is 0.191. The van der Waals surface area contributed by atoms with E-state index in [1.54, 1.807) is 12.4 Å². The van der Waals surface area contributed by atoms with Crippen molar-refractivity contribution in [2.45, 2.75) is 39.8 Å². The summed E-state index contributed by atoms with van der Waals surface area (Å²) in [5.41, 5.74) is 13.2. The normalized spacial score (nSPS) is 9.55. The van der Waals surface area contributed by atoms with Crippen molar-refractivity contribution in [3.05, 3.63) is 46.1 Å². The average molecular weight is 278 g/mol. The van der Waals surface area contributed by atoms with Gasteiger partial charge in [-0.1, -0.05) is 19.0 Å². The Labute approximate surface area is 116 Å². The molecule has 0 saturated heterocycles. The van der Waals surface area contributed by atoms with Crippen LogP contribution in [0.15, 0.2) is 26.3 Å². The first-order chi connectivity index (χ1) is 9.73. The molecule has 0 bridgehead atoms. The predicted octanol–water partition coefficient (Wildman–Crippen LogP) is 2.74. The van der Waals surface area contributed by atoms with Crippen LogP contribution in [0.3, 0.4) is 0 Å². The summed E-state index contributed by atoms with van der Waals surface area (Å²) in [4.78, 5) is 10.4. The Bertz CT molecular complexity index is 537. The summed E-state index contributed by atoms with van der Waals surface area (Å²) in [5.74, 6) is 2.80. The fourth-order valence-electron chi connectivity index (χ4n) is 1.28. The van der Waals surface area contributed by atoms with E-state index >= 15 is 0 Å². The molecule has 0 atom stereocenters. The number of hydrogen-bond acceptors (Lipinski definition) is 6. The lowest BCUT2D eigenvalue weighted by Crippen LogP contribution is -1.94. The minimum Gasteiger partial charge on any atom is -0.446 e. The Hall–Kier alpha value is -2.31. The Kier molecular flexibility index (Phi) is 6.88. The number of nitrogens with zero attached hydrogens (tertiary/aromatic N) is 5. The zero-order chi connectivity index (χ0) is 14.8. The van der Waals surface area contributed by atoms with Crippen molar-refractivity contribution in [1.82, 2.24) is 9.97 Å². The maximum Gasteiger partial charge on any atom is 0.208 e. The lowest BCUT2D eigenvalue weighted by molar-refractivity contribution is 0.460. The average Bonchev–Trinajstić information content (AvgIpc) is 3.14. The molecule has 0 aliphatic carbocycles. The van der Waals surface area contributed by atoms with Gasteiger partial charge in [-0.3, -0.25) is 0 Å². The molecule has 2 aromatic rings. The third-order valence-electron chi connectivity index (χ3n) is 2.34. The quantitative estimate of drug-likeness (QED) is 0.511. The van der Waals surface area contributed by atoms with Gasteiger partial charge in [0.1, 0.15) is 18.1 Å². The van der Waals surface area contributed by atoms with E-state index in [2.05, 4.69) is 20.0 Å². The van der Waals surface area contributed by atoms with E-state index < -0.39 is 0 Å². The number of oxazole rings is 2. The molecular weight excluding hydrogens is 260 g/mol. The van der Waals surface area contributed by atoms with E-state index in [-0.39, 0.29) is 6.54 Å². The van der Waals surface area contributed by atoms with Gasteiger partial charge >= 0.3 is 0 Å². The van der Waals surface area contributed by atoms with Gasteiger partial charge in [0, 0.05) is 17.8 Å². The van der Waals surface area contributed by atoms with Crippen molar-refractivity contribution in [3.8, 4) is 0 Å². The van der Waals surface area contributed by atoms with Gasteiger partial charge in [-0.2, -0.15) is 0 Å². The lowest BCUT2D eigenvalue weighted by Gasteiger charge is -1.84. The van der Waals surface area contributed by atoms with Crippen LogP contribution >= 0.6 is 0 Å². The fourth-order valence-corrected chi connectivity index (χ4v) is 1.28. The molecule has 0 amide bonds. The van der Waals surface area contributed by atoms with E-state index in [1.807, 2.05) is 13.8 Å². The number of azide groups is 1. The summed E-state index contributed by atoms with van der Waals surface area (Å²) in [7, 11) is 0. The molecule has 0 spiro atoms. The van der Waals surface area contributed by atoms with Crippen molar-refractivity contribution in [1.29, 1.82) is 0 Å². The third kappa shape index (κ3) is 5.13. The monoisotopic (exact) mass is 278 g/mol. The van der Waals surface area contributed by atoms with Crippen molar-refractivity contribution >= 4 is 0 Å². The maximum atomic E-state index is 7.98. The van der Waals surface area contributed by atoms with Gasteiger partial charge in [-0.15, -0.1) is 0 Å². The second-order valence-corrected chi connectivity index (χ2v) is 3.74. The predicted molar refractivity (Wildman–Crippen MR) is 72.5 cm³/mol. The molecule has 0 aromatic carbocycles. The number of rotatable bonds is 5. The summed E-state index contributed by atoms with van der Waals surface area (Å²) in [6, 6.07) is 0. The highest BCUT2D eigenvalue weighted by molar-refractivity contribution is 4.93. The Morgan fingerprint density at radius 2 is 1.70 bits per heavy atom. The highest BCUT2D eigenvalue weighted by Gasteiger charge is 1.99. The van der Waals surface area contributed by atoms with Gasteiger partial charge in [-0.05, 0) is 5.53 Å². The van der Waals surface area contributed by atoms with Gasteiger partial charge in [0.05, 0.1) is 18.9 Å². The molecule has 20 heavy (non-hydrogen) atoms. The number of hydrogen-bond donors (Lipinski definition) is 1. The zero-order valence-electron chi connectivity index (χ0n) is 11.6. The van der Waals surface area contributed by atoms with Crippen molar-refractivity contribution in [3.63, 3.8) is 0 Å². The molecule has 0 unspecified atom stereocenters. The van der Waals surface area contributed by atoms with E-state index in [4.69, 9.17) is 20.1 Å². The number of aryl methyl sites for hydroxylation is 2. The topological polar surface area (TPSA) is 127 Å². The minimum absolute atomic E-state index is 0.191. The van der Waals surface area contributed by atoms with Crippen LogP contribution in [0.5, 0.6) is 0 Å². The largest absolute Gasteiger partial charge is 0.446 e. The van der Waals surface area contributed by atoms with Crippen LogP contribution in [0.25, 0.3) is 10.4 Å². The first-order valence-corrected chi connectivity index (χ1v) is 6.31. The Morgan fingerprint density at radius 3 is 2.10 bits per heavy atom. The summed E-state index contributed by atoms with van der Waals surface area (Å²) >= 11 is 0. The standard InChI is InChI=1S/C6H8N4O.C6H10N2O/c1-2-5-3-8-6(11-5)4-9-10-7;1-2-5-4-8-6(3-7)9-5/h3H,2,4H2,1H3;4H,2-3,7H2,1H3. The molecule has 8 nitrogen and oxygen atoms in total. The molecular formula is C12H18N6O2. The summed E-state index contributed by atoms with van der Waals surface area (Å²) in [6.45, 7) is 4.56. The van der Waals surface area contributed by atoms with Crippen LogP contribution in [0.2, 0.25) is 0 Å². The van der Waals surface area contributed by atoms with E-state index in [1.165, 1.54) is 0 Å². The summed E-state index contributed by atoms with van der Waals surface area (Å²) in [5, 5.41) is 3.31. The highest BCUT2D eigenvalue weighted by Crippen LogP contribution is 2.04. The molecule has 0 radical (unpaired) electrons. The number of nitrogens with two attached hydrogens (primary N) is 1. The summed E-state index contributed by atoms with van der Waals surface area (Å²) in [6.07, 6.45) is 5.04. The van der Waals surface area contributed by atoms with Crippen LogP contribution in [0, 0.1) is 0 Å². The molecule has 0 aliphatic heterocycles. The highest BCUT2D eigenvalue weighted by atomic mass is 16.4. The molecule has 108 valence electrons. The van der Waals surface area contributed by atoms with Crippen molar-refractivity contribution < 1.29 is 8.83 Å². The van der Waals surface area contributed by atoms with Crippen LogP contribution in [-0.4, -0.2) is 9.97 Å². The Balaban J connectivity index is 0.000000204. The van der Waals surface area contributed by atoms with Crippen LogP contribution in [0.4, 0.5) is 0 Å². The summed E-state index contributed by atoms with van der Waals surface area (Å²) < 4.78 is 10.3. The van der Waals surface area contributed by atoms with E-state index in [0.717, 1.165) is 24.4 Å². The van der Waals surface area contributed by atoms with Gasteiger partial charge in [-0.25, -0.2) is 9.97 Å². The number of aromatic nitrogens is 2. The van der Waals surface area contributed by atoms with Gasteiger partial charge in [0.25, 0.3) is 0 Å². The molecule has 0 aliphatic rings. The second-order valence-electron chi connectivity index (χ2n) is 3.74. The van der Waals surface area contributed by atoms with Gasteiger partial charge < -0.3 is 14.6 Å². The van der Waals surface area contributed by atoms with Gasteiger partial charge in [0.15, 0.2) is 5.89 Å². The van der Waals surface area contributed by atoms with Crippen LogP contribution < -0.4 is 5.73 Å². The maximum absolute atomic E-state index is 7.98. The van der Waals surface area contributed by atoms with Crippen LogP contribution in [0.1, 0.15) is 37.1 Å². The van der Waals surface area contributed by atoms with Crippen LogP contribution in [-0.2, 0) is 25.9 Å². The zero-order valence-corrected chi connectivity index (χ0v) is 11.6. The smallest absolute Gasteiger partial charge is 0.208 e. The fraction of sp³-hybridized carbons (Fsp3) is 0.500. The molecule has 2 rings (SSSR count). The molecule has 2 aromatic heterocycles. The van der Waals surface area contributed by atoms with E-state index in [0.29, 0.717) is 18.3 Å². The lowest BCUT2D eigenvalue weighted by atomic mass is 10.4. The Morgan fingerprint density at radius 1 is 1.15 bits per heavy atom. The van der Waals surface area contributed by atoms with Gasteiger partial charge in [0.2, 0.25) is 5.89 Å². The van der Waals surface area contributed by atoms with Crippen molar-refractivity contribution in [2.75, 3.05) is 0 Å². The molecule has 2 N–H and O–H groups in total. The molecule has 0 fully saturated rings. The second kappa shape index (κ2) is 8.73. The first kappa shape index (κ1) is 15.7. The SMILES string of the molecule is CCc1cnc(CN)o1.CCc1cnc(CN=[N+]=[N-])o1. The molecule has 8 heteroatoms. The third-order valence-corrected chi connectivity index (χ3v) is 2.34. The van der Waals surface area contributed by atoms with Crippen molar-refractivity contribution in [2.24, 2.45) is 10.8 Å². The molecule has 2 heterocycles.